The number of nitrogens with one attached hydrogen (secondary N) is 1. The molecule has 1 aromatic carbocycles. The summed E-state index contributed by atoms with van der Waals surface area (Å²) >= 11 is 0. The van der Waals surface area contributed by atoms with Crippen molar-refractivity contribution in [3.8, 4) is 5.75 Å². The van der Waals surface area contributed by atoms with E-state index in [0.29, 0.717) is 6.54 Å². The van der Waals surface area contributed by atoms with Gasteiger partial charge in [0.15, 0.2) is 6.61 Å². The minimum atomic E-state index is -0.00418. The highest BCUT2D eigenvalue weighted by Crippen LogP contribution is 2.24. The minimum absolute atomic E-state index is 0.00418. The number of hydrogen-bond donors (Lipinski definition) is 1. The number of nitrogens with zero attached hydrogens (tertiary/aromatic N) is 1. The van der Waals surface area contributed by atoms with Crippen LogP contribution in [0.1, 0.15) is 38.8 Å². The fourth-order valence-electron chi connectivity index (χ4n) is 1.84. The van der Waals surface area contributed by atoms with Crippen LogP contribution in [0.15, 0.2) is 18.2 Å². The summed E-state index contributed by atoms with van der Waals surface area (Å²) in [6, 6.07) is 6.06. The van der Waals surface area contributed by atoms with Crippen LogP contribution in [0.5, 0.6) is 5.75 Å². The van der Waals surface area contributed by atoms with Gasteiger partial charge in [-0.3, -0.25) is 4.79 Å². The van der Waals surface area contributed by atoms with Crippen LogP contribution in [-0.2, 0) is 11.3 Å². The van der Waals surface area contributed by atoms with E-state index in [1.54, 1.807) is 11.9 Å². The Kier molecular flexibility index (Phi) is 6.21. The molecule has 1 N–H and O–H groups in total. The van der Waals surface area contributed by atoms with Crippen LogP contribution in [0.3, 0.4) is 0 Å². The van der Waals surface area contributed by atoms with Gasteiger partial charge in [0.1, 0.15) is 5.75 Å². The summed E-state index contributed by atoms with van der Waals surface area (Å²) in [5.41, 5.74) is 2.17. The van der Waals surface area contributed by atoms with Gasteiger partial charge in [-0.15, -0.1) is 0 Å². The molecule has 0 fully saturated rings. The standard InChI is InChI=1S/C17H28N2O2/c1-7-19(6)15(20)12-21-16-13(2)9-8-10-14(16)11-18-17(3,4)5/h8-10,18H,7,11-12H2,1-6H3. The van der Waals surface area contributed by atoms with Gasteiger partial charge in [-0.25, -0.2) is 0 Å². The molecule has 0 saturated heterocycles. The summed E-state index contributed by atoms with van der Waals surface area (Å²) in [6.45, 7) is 11.8. The molecule has 4 heteroatoms. The highest BCUT2D eigenvalue weighted by atomic mass is 16.5. The second kappa shape index (κ2) is 7.46. The summed E-state index contributed by atoms with van der Waals surface area (Å²) in [7, 11) is 1.78. The van der Waals surface area contributed by atoms with E-state index in [4.69, 9.17) is 4.74 Å². The van der Waals surface area contributed by atoms with Gasteiger partial charge in [-0.05, 0) is 40.2 Å². The van der Waals surface area contributed by atoms with Crippen LogP contribution < -0.4 is 10.1 Å². The monoisotopic (exact) mass is 292 g/mol. The maximum absolute atomic E-state index is 11.9. The molecule has 1 amide bonds. The van der Waals surface area contributed by atoms with Gasteiger partial charge in [0.25, 0.3) is 5.91 Å². The number of amides is 1. The van der Waals surface area contributed by atoms with Crippen LogP contribution in [-0.4, -0.2) is 36.5 Å². The van der Waals surface area contributed by atoms with Gasteiger partial charge in [-0.1, -0.05) is 18.2 Å². The number of rotatable bonds is 6. The first kappa shape index (κ1) is 17.5. The lowest BCUT2D eigenvalue weighted by Gasteiger charge is -2.22. The number of carbonyl (C=O) groups excluding carboxylic acids is 1. The molecule has 4 nitrogen and oxygen atoms in total. The maximum atomic E-state index is 11.9. The minimum Gasteiger partial charge on any atom is -0.483 e. The number of aryl methyl sites for hydroxylation is 1. The lowest BCUT2D eigenvalue weighted by Crippen LogP contribution is -2.35. The molecule has 0 unspecified atom stereocenters. The second-order valence-corrected chi connectivity index (χ2v) is 6.36. The van der Waals surface area contributed by atoms with Crippen molar-refractivity contribution < 1.29 is 9.53 Å². The van der Waals surface area contributed by atoms with Crippen molar-refractivity contribution in [2.24, 2.45) is 0 Å². The number of benzene rings is 1. The van der Waals surface area contributed by atoms with Crippen molar-refractivity contribution in [2.75, 3.05) is 20.2 Å². The molecule has 0 aromatic heterocycles. The largest absolute Gasteiger partial charge is 0.483 e. The third-order valence-electron chi connectivity index (χ3n) is 3.34. The van der Waals surface area contributed by atoms with Gasteiger partial charge in [0, 0.05) is 31.2 Å². The molecule has 0 aliphatic carbocycles. The van der Waals surface area contributed by atoms with Gasteiger partial charge < -0.3 is 15.0 Å². The van der Waals surface area contributed by atoms with Gasteiger partial charge in [-0.2, -0.15) is 0 Å². The van der Waals surface area contributed by atoms with Crippen molar-refractivity contribution in [2.45, 2.75) is 46.7 Å². The van der Waals surface area contributed by atoms with Crippen molar-refractivity contribution in [3.63, 3.8) is 0 Å². The molecule has 0 heterocycles. The van der Waals surface area contributed by atoms with Crippen LogP contribution in [0, 0.1) is 6.92 Å². The van der Waals surface area contributed by atoms with Gasteiger partial charge in [0.2, 0.25) is 0 Å². The Balaban J connectivity index is 2.78. The van der Waals surface area contributed by atoms with E-state index in [1.165, 1.54) is 0 Å². The molecule has 21 heavy (non-hydrogen) atoms. The lowest BCUT2D eigenvalue weighted by atomic mass is 10.1. The van der Waals surface area contributed by atoms with Gasteiger partial charge >= 0.3 is 0 Å². The van der Waals surface area contributed by atoms with E-state index < -0.39 is 0 Å². The van der Waals surface area contributed by atoms with E-state index in [-0.39, 0.29) is 18.1 Å². The number of carbonyl (C=O) groups is 1. The average Bonchev–Trinajstić information content (AvgIpc) is 2.41. The first-order valence-corrected chi connectivity index (χ1v) is 7.45. The van der Waals surface area contributed by atoms with Crippen molar-refractivity contribution >= 4 is 5.91 Å². The lowest BCUT2D eigenvalue weighted by molar-refractivity contribution is -0.131. The summed E-state index contributed by atoms with van der Waals surface area (Å²) in [6.07, 6.45) is 0. The molecule has 0 radical (unpaired) electrons. The van der Waals surface area contributed by atoms with E-state index >= 15 is 0 Å². The van der Waals surface area contributed by atoms with Crippen LogP contribution in [0.2, 0.25) is 0 Å². The summed E-state index contributed by atoms with van der Waals surface area (Å²) in [4.78, 5) is 13.5. The molecule has 0 saturated carbocycles. The first-order valence-electron chi connectivity index (χ1n) is 7.45. The average molecular weight is 292 g/mol. The Bertz CT molecular complexity index is 478. The maximum Gasteiger partial charge on any atom is 0.260 e. The zero-order chi connectivity index (χ0) is 16.0. The molecule has 1 rings (SSSR count). The zero-order valence-corrected chi connectivity index (χ0v) is 14.1. The van der Waals surface area contributed by atoms with Crippen molar-refractivity contribution in [3.05, 3.63) is 29.3 Å². The molecule has 0 bridgehead atoms. The number of likely N-dealkylation sites (N-methyl/N-ethyl adjacent to an activating group) is 1. The Labute approximate surface area is 128 Å². The normalized spacial score (nSPS) is 11.3. The summed E-state index contributed by atoms with van der Waals surface area (Å²) < 4.78 is 5.79. The zero-order valence-electron chi connectivity index (χ0n) is 14.1. The first-order chi connectivity index (χ1) is 9.74. The molecule has 0 spiro atoms. The van der Waals surface area contributed by atoms with Crippen LogP contribution in [0.25, 0.3) is 0 Å². The van der Waals surface area contributed by atoms with E-state index in [9.17, 15) is 4.79 Å². The third-order valence-corrected chi connectivity index (χ3v) is 3.34. The smallest absolute Gasteiger partial charge is 0.260 e. The molecule has 0 aliphatic heterocycles. The van der Waals surface area contributed by atoms with Crippen LogP contribution in [0.4, 0.5) is 0 Å². The number of para-hydroxylation sites is 1. The molecular weight excluding hydrogens is 264 g/mol. The van der Waals surface area contributed by atoms with E-state index in [1.807, 2.05) is 32.0 Å². The molecule has 0 atom stereocenters. The van der Waals surface area contributed by atoms with E-state index in [0.717, 1.165) is 23.4 Å². The fraction of sp³-hybridized carbons (Fsp3) is 0.588. The molecular formula is C17H28N2O2. The Morgan fingerprint density at radius 2 is 2.00 bits per heavy atom. The summed E-state index contributed by atoms with van der Waals surface area (Å²) in [5, 5.41) is 3.45. The Morgan fingerprint density at radius 3 is 2.57 bits per heavy atom. The Morgan fingerprint density at radius 1 is 1.33 bits per heavy atom. The van der Waals surface area contributed by atoms with Crippen LogP contribution >= 0.6 is 0 Å². The fourth-order valence-corrected chi connectivity index (χ4v) is 1.84. The van der Waals surface area contributed by atoms with Gasteiger partial charge in [0.05, 0.1) is 0 Å². The predicted molar refractivity (Wildman–Crippen MR) is 86.6 cm³/mol. The SMILES string of the molecule is CCN(C)C(=O)COc1c(C)cccc1CNC(C)(C)C. The van der Waals surface area contributed by atoms with Crippen molar-refractivity contribution in [1.82, 2.24) is 10.2 Å². The van der Waals surface area contributed by atoms with E-state index in [2.05, 4.69) is 26.1 Å². The third kappa shape index (κ3) is 5.76. The second-order valence-electron chi connectivity index (χ2n) is 6.36. The quantitative estimate of drug-likeness (QED) is 0.876. The predicted octanol–water partition coefficient (Wildman–Crippen LogP) is 2.74. The molecule has 1 aromatic rings. The number of hydrogen-bond acceptors (Lipinski definition) is 3. The topological polar surface area (TPSA) is 41.6 Å². The number of ether oxygens (including phenoxy) is 1. The van der Waals surface area contributed by atoms with Crippen molar-refractivity contribution in [1.29, 1.82) is 0 Å². The molecule has 0 aliphatic rings. The highest BCUT2D eigenvalue weighted by Gasteiger charge is 2.14. The molecule has 118 valence electrons. The Hall–Kier alpha value is -1.55. The highest BCUT2D eigenvalue weighted by molar-refractivity contribution is 5.77. The summed E-state index contributed by atoms with van der Waals surface area (Å²) in [5.74, 6) is 0.808.